The summed E-state index contributed by atoms with van der Waals surface area (Å²) >= 11 is 0. The number of rotatable bonds is 2. The van der Waals surface area contributed by atoms with Gasteiger partial charge in [-0.05, 0) is 12.1 Å². The Morgan fingerprint density at radius 2 is 2.17 bits per heavy atom. The molecule has 5 nitrogen and oxygen atoms in total. The lowest BCUT2D eigenvalue weighted by atomic mass is 10.2. The lowest BCUT2D eigenvalue weighted by Gasteiger charge is -1.96. The van der Waals surface area contributed by atoms with Crippen LogP contribution >= 0.6 is 0 Å². The second-order valence-corrected chi connectivity index (χ2v) is 3.89. The average molecular weight is 238 g/mol. The smallest absolute Gasteiger partial charge is 0.195 e. The van der Waals surface area contributed by atoms with Crippen molar-refractivity contribution in [3.8, 4) is 11.4 Å². The third-order valence-corrected chi connectivity index (χ3v) is 2.67. The molecule has 0 saturated carbocycles. The summed E-state index contributed by atoms with van der Waals surface area (Å²) in [5, 5.41) is 0. The van der Waals surface area contributed by atoms with Gasteiger partial charge < -0.3 is 0 Å². The molecule has 0 saturated heterocycles. The Morgan fingerprint density at radius 1 is 1.28 bits per heavy atom. The summed E-state index contributed by atoms with van der Waals surface area (Å²) in [6, 6.07) is 5.59. The molecular weight excluding hydrogens is 228 g/mol. The molecule has 3 heterocycles. The van der Waals surface area contributed by atoms with E-state index in [1.165, 1.54) is 6.92 Å². The largest absolute Gasteiger partial charge is 0.294 e. The van der Waals surface area contributed by atoms with Crippen molar-refractivity contribution in [2.24, 2.45) is 0 Å². The number of ketones is 1. The van der Waals surface area contributed by atoms with Crippen LogP contribution in [0.1, 0.15) is 17.5 Å². The number of imidazole rings is 1. The molecule has 0 aliphatic carbocycles. The lowest BCUT2D eigenvalue weighted by molar-refractivity contribution is 0.100. The monoisotopic (exact) mass is 238 g/mol. The molecule has 3 aromatic rings. The fourth-order valence-corrected chi connectivity index (χ4v) is 1.88. The van der Waals surface area contributed by atoms with Crippen LogP contribution in [0.3, 0.4) is 0 Å². The van der Waals surface area contributed by atoms with E-state index in [-0.39, 0.29) is 5.78 Å². The highest BCUT2D eigenvalue weighted by atomic mass is 16.1. The third kappa shape index (κ3) is 1.57. The van der Waals surface area contributed by atoms with Crippen LogP contribution in [0.4, 0.5) is 0 Å². The highest BCUT2D eigenvalue weighted by molar-refractivity contribution is 5.94. The van der Waals surface area contributed by atoms with Gasteiger partial charge in [-0.2, -0.15) is 0 Å². The summed E-state index contributed by atoms with van der Waals surface area (Å²) in [7, 11) is 0. The van der Waals surface area contributed by atoms with E-state index in [4.69, 9.17) is 0 Å². The van der Waals surface area contributed by atoms with Crippen molar-refractivity contribution in [2.75, 3.05) is 0 Å². The number of hydrogen-bond acceptors (Lipinski definition) is 4. The second kappa shape index (κ2) is 4.03. The van der Waals surface area contributed by atoms with Crippen LogP contribution in [0.5, 0.6) is 0 Å². The van der Waals surface area contributed by atoms with Gasteiger partial charge in [-0.3, -0.25) is 19.2 Å². The van der Waals surface area contributed by atoms with E-state index >= 15 is 0 Å². The number of nitrogens with zero attached hydrogens (tertiary/aromatic N) is 4. The van der Waals surface area contributed by atoms with Crippen LogP contribution in [0.15, 0.2) is 43.0 Å². The fraction of sp³-hybridized carbons (Fsp3) is 0.0769. The van der Waals surface area contributed by atoms with Gasteiger partial charge in [0.15, 0.2) is 11.6 Å². The first kappa shape index (κ1) is 10.6. The maximum Gasteiger partial charge on any atom is 0.195 e. The van der Waals surface area contributed by atoms with E-state index < -0.39 is 0 Å². The zero-order chi connectivity index (χ0) is 12.5. The van der Waals surface area contributed by atoms with Gasteiger partial charge in [0.25, 0.3) is 0 Å². The fourth-order valence-electron chi connectivity index (χ4n) is 1.88. The minimum atomic E-state index is -0.0848. The number of hydrogen-bond donors (Lipinski definition) is 0. The van der Waals surface area contributed by atoms with Crippen LogP contribution in [-0.2, 0) is 0 Å². The third-order valence-electron chi connectivity index (χ3n) is 2.67. The van der Waals surface area contributed by atoms with Crippen molar-refractivity contribution < 1.29 is 4.79 Å². The van der Waals surface area contributed by atoms with E-state index in [0.29, 0.717) is 11.5 Å². The molecule has 0 spiro atoms. The standard InChI is InChI=1S/C13H10N4O/c1-9(18)13-16-12(10-4-2-3-5-15-10)11-8-14-6-7-17(11)13/h2-8H,1H3. The average Bonchev–Trinajstić information content (AvgIpc) is 2.79. The molecule has 3 aromatic heterocycles. The van der Waals surface area contributed by atoms with E-state index in [0.717, 1.165) is 11.2 Å². The minimum Gasteiger partial charge on any atom is -0.294 e. The van der Waals surface area contributed by atoms with E-state index in [2.05, 4.69) is 15.0 Å². The predicted molar refractivity (Wildman–Crippen MR) is 66.2 cm³/mol. The topological polar surface area (TPSA) is 60.2 Å². The summed E-state index contributed by atoms with van der Waals surface area (Å²) in [5.41, 5.74) is 2.19. The van der Waals surface area contributed by atoms with Crippen molar-refractivity contribution in [3.63, 3.8) is 0 Å². The molecule has 0 N–H and O–H groups in total. The van der Waals surface area contributed by atoms with Crippen molar-refractivity contribution in [1.82, 2.24) is 19.4 Å². The quantitative estimate of drug-likeness (QED) is 0.640. The van der Waals surface area contributed by atoms with Gasteiger partial charge in [0.2, 0.25) is 0 Å². The molecule has 0 aromatic carbocycles. The van der Waals surface area contributed by atoms with E-state index in [9.17, 15) is 4.79 Å². The Balaban J connectivity index is 2.34. The van der Waals surface area contributed by atoms with E-state index in [1.807, 2.05) is 18.2 Å². The Labute approximate surface area is 103 Å². The van der Waals surface area contributed by atoms with Crippen molar-refractivity contribution in [3.05, 3.63) is 48.8 Å². The molecule has 0 aliphatic heterocycles. The molecule has 0 atom stereocenters. The first-order valence-electron chi connectivity index (χ1n) is 5.52. The first-order chi connectivity index (χ1) is 8.77. The summed E-state index contributed by atoms with van der Waals surface area (Å²) in [4.78, 5) is 24.3. The minimum absolute atomic E-state index is 0.0848. The maximum atomic E-state index is 11.6. The Bertz CT molecular complexity index is 718. The number of Topliss-reactive ketones (excluding diaryl/α,β-unsaturated/α-hetero) is 1. The number of fused-ring (bicyclic) bond motifs is 1. The van der Waals surface area contributed by atoms with Crippen molar-refractivity contribution in [2.45, 2.75) is 6.92 Å². The molecule has 88 valence electrons. The molecule has 18 heavy (non-hydrogen) atoms. The molecule has 0 amide bonds. The highest BCUT2D eigenvalue weighted by Crippen LogP contribution is 2.22. The summed E-state index contributed by atoms with van der Waals surface area (Å²) < 4.78 is 1.74. The number of aromatic nitrogens is 4. The molecular formula is C13H10N4O. The summed E-state index contributed by atoms with van der Waals surface area (Å²) in [6.07, 6.45) is 6.74. The number of carbonyl (C=O) groups is 1. The van der Waals surface area contributed by atoms with Gasteiger partial charge in [0.05, 0.1) is 17.4 Å². The van der Waals surface area contributed by atoms with Crippen LogP contribution in [0.25, 0.3) is 16.9 Å². The van der Waals surface area contributed by atoms with Gasteiger partial charge in [0, 0.05) is 25.5 Å². The van der Waals surface area contributed by atoms with Gasteiger partial charge in [0.1, 0.15) is 5.69 Å². The molecule has 0 unspecified atom stereocenters. The first-order valence-corrected chi connectivity index (χ1v) is 5.52. The molecule has 0 aliphatic rings. The normalized spacial score (nSPS) is 10.7. The second-order valence-electron chi connectivity index (χ2n) is 3.89. The summed E-state index contributed by atoms with van der Waals surface area (Å²) in [6.45, 7) is 1.50. The highest BCUT2D eigenvalue weighted by Gasteiger charge is 2.15. The Kier molecular flexibility index (Phi) is 2.37. The van der Waals surface area contributed by atoms with Crippen molar-refractivity contribution in [1.29, 1.82) is 0 Å². The van der Waals surface area contributed by atoms with Gasteiger partial charge in [-0.25, -0.2) is 4.98 Å². The molecule has 5 heteroatoms. The molecule has 0 bridgehead atoms. The van der Waals surface area contributed by atoms with Crippen LogP contribution < -0.4 is 0 Å². The Morgan fingerprint density at radius 3 is 2.89 bits per heavy atom. The van der Waals surface area contributed by atoms with Gasteiger partial charge in [-0.1, -0.05) is 6.07 Å². The van der Waals surface area contributed by atoms with Gasteiger partial charge >= 0.3 is 0 Å². The SMILES string of the molecule is CC(=O)c1nc(-c2ccccn2)c2cnccn12. The summed E-state index contributed by atoms with van der Waals surface area (Å²) in [5.74, 6) is 0.312. The lowest BCUT2D eigenvalue weighted by Crippen LogP contribution is -1.99. The van der Waals surface area contributed by atoms with Crippen LogP contribution in [0, 0.1) is 0 Å². The predicted octanol–water partition coefficient (Wildman–Crippen LogP) is 1.99. The van der Waals surface area contributed by atoms with Crippen LogP contribution in [0.2, 0.25) is 0 Å². The maximum absolute atomic E-state index is 11.6. The van der Waals surface area contributed by atoms with Gasteiger partial charge in [-0.15, -0.1) is 0 Å². The van der Waals surface area contributed by atoms with E-state index in [1.54, 1.807) is 29.2 Å². The zero-order valence-electron chi connectivity index (χ0n) is 9.74. The van der Waals surface area contributed by atoms with Crippen molar-refractivity contribution >= 4 is 11.3 Å². The number of pyridine rings is 1. The molecule has 0 fully saturated rings. The molecule has 0 radical (unpaired) electrons. The molecule has 3 rings (SSSR count). The van der Waals surface area contributed by atoms with Crippen LogP contribution in [-0.4, -0.2) is 25.1 Å². The number of carbonyl (C=O) groups excluding carboxylic acids is 1. The Hall–Kier alpha value is -2.56. The zero-order valence-corrected chi connectivity index (χ0v) is 9.74.